The highest BCUT2D eigenvalue weighted by Gasteiger charge is 2.54. The molecule has 0 saturated heterocycles. The van der Waals surface area contributed by atoms with E-state index in [2.05, 4.69) is 19.1 Å². The molecule has 0 spiro atoms. The van der Waals surface area contributed by atoms with Crippen molar-refractivity contribution >= 4 is 0 Å². The van der Waals surface area contributed by atoms with Crippen molar-refractivity contribution in [3.05, 3.63) is 12.2 Å². The molecular formula is C11H16. The first-order chi connectivity index (χ1) is 5.30. The third kappa shape index (κ3) is 0.617. The summed E-state index contributed by atoms with van der Waals surface area (Å²) in [5.74, 6) is 3.11. The number of rotatable bonds is 0. The molecule has 3 aliphatic rings. The van der Waals surface area contributed by atoms with E-state index in [0.717, 1.165) is 23.2 Å². The minimum Gasteiger partial charge on any atom is -0.0879 e. The lowest BCUT2D eigenvalue weighted by atomic mass is 9.73. The van der Waals surface area contributed by atoms with Crippen molar-refractivity contribution in [2.75, 3.05) is 0 Å². The van der Waals surface area contributed by atoms with Crippen molar-refractivity contribution in [3.8, 4) is 0 Å². The summed E-state index contributed by atoms with van der Waals surface area (Å²) >= 11 is 0. The van der Waals surface area contributed by atoms with Crippen LogP contribution in [0.5, 0.6) is 0 Å². The molecule has 0 aromatic rings. The molecule has 0 aromatic carbocycles. The van der Waals surface area contributed by atoms with Gasteiger partial charge in [-0.05, 0) is 48.9 Å². The van der Waals surface area contributed by atoms with Crippen LogP contribution in [0.15, 0.2) is 12.2 Å². The van der Waals surface area contributed by atoms with Crippen molar-refractivity contribution in [1.82, 2.24) is 0 Å². The zero-order valence-electron chi connectivity index (χ0n) is 7.22. The molecule has 0 heteroatoms. The second-order valence-electron chi connectivity index (χ2n) is 5.00. The molecule has 2 bridgehead atoms. The van der Waals surface area contributed by atoms with E-state index in [1.54, 1.807) is 0 Å². The van der Waals surface area contributed by atoms with Gasteiger partial charge < -0.3 is 0 Å². The van der Waals surface area contributed by atoms with E-state index in [9.17, 15) is 0 Å². The monoisotopic (exact) mass is 148 g/mol. The fraction of sp³-hybridized carbons (Fsp3) is 0.818. The first kappa shape index (κ1) is 6.28. The lowest BCUT2D eigenvalue weighted by Crippen LogP contribution is -2.24. The standard InChI is InChI=1S/C11H16/c1-11-6-5-8(7-11)9-3-2-4-10(9)11/h2-3,8-10H,4-7H2,1H3. The molecule has 0 radical (unpaired) electrons. The molecule has 60 valence electrons. The summed E-state index contributed by atoms with van der Waals surface area (Å²) in [5.41, 5.74) is 0.749. The van der Waals surface area contributed by atoms with Gasteiger partial charge in [0.05, 0.1) is 0 Å². The van der Waals surface area contributed by atoms with Gasteiger partial charge in [0.1, 0.15) is 0 Å². The Hall–Kier alpha value is -0.260. The Balaban J connectivity index is 2.02. The van der Waals surface area contributed by atoms with Crippen molar-refractivity contribution in [1.29, 1.82) is 0 Å². The topological polar surface area (TPSA) is 0 Å². The molecule has 2 fully saturated rings. The number of hydrogen-bond acceptors (Lipinski definition) is 0. The van der Waals surface area contributed by atoms with Gasteiger partial charge in [-0.2, -0.15) is 0 Å². The Kier molecular flexibility index (Phi) is 0.987. The van der Waals surface area contributed by atoms with Gasteiger partial charge in [-0.3, -0.25) is 0 Å². The highest BCUT2D eigenvalue weighted by atomic mass is 14.6. The first-order valence-corrected chi connectivity index (χ1v) is 4.96. The molecule has 3 aliphatic carbocycles. The van der Waals surface area contributed by atoms with Crippen molar-refractivity contribution in [2.45, 2.75) is 32.6 Å². The Bertz CT molecular complexity index is 216. The summed E-state index contributed by atoms with van der Waals surface area (Å²) in [6.45, 7) is 2.52. The van der Waals surface area contributed by atoms with Crippen molar-refractivity contribution in [3.63, 3.8) is 0 Å². The second-order valence-corrected chi connectivity index (χ2v) is 5.00. The van der Waals surface area contributed by atoms with E-state index in [1.165, 1.54) is 25.7 Å². The fourth-order valence-corrected chi connectivity index (χ4v) is 3.89. The van der Waals surface area contributed by atoms with Gasteiger partial charge in [-0.25, -0.2) is 0 Å². The van der Waals surface area contributed by atoms with Crippen LogP contribution in [0.2, 0.25) is 0 Å². The SMILES string of the molecule is CC12CCC(C1)C1C=CCC12. The maximum Gasteiger partial charge on any atom is -0.0168 e. The second kappa shape index (κ2) is 1.73. The number of fused-ring (bicyclic) bond motifs is 5. The summed E-state index contributed by atoms with van der Waals surface area (Å²) < 4.78 is 0. The van der Waals surface area contributed by atoms with E-state index in [0.29, 0.717) is 0 Å². The molecular weight excluding hydrogens is 132 g/mol. The van der Waals surface area contributed by atoms with E-state index in [-0.39, 0.29) is 0 Å². The highest BCUT2D eigenvalue weighted by Crippen LogP contribution is 2.63. The lowest BCUT2D eigenvalue weighted by Gasteiger charge is -2.32. The van der Waals surface area contributed by atoms with Crippen LogP contribution >= 0.6 is 0 Å². The summed E-state index contributed by atoms with van der Waals surface area (Å²) in [6.07, 6.45) is 10.9. The molecule has 11 heavy (non-hydrogen) atoms. The van der Waals surface area contributed by atoms with Crippen LogP contribution in [0.4, 0.5) is 0 Å². The molecule has 3 rings (SSSR count). The van der Waals surface area contributed by atoms with Gasteiger partial charge in [0.15, 0.2) is 0 Å². The van der Waals surface area contributed by atoms with Gasteiger partial charge in [0.25, 0.3) is 0 Å². The fourth-order valence-electron chi connectivity index (χ4n) is 3.89. The van der Waals surface area contributed by atoms with Gasteiger partial charge in [0, 0.05) is 0 Å². The van der Waals surface area contributed by atoms with Crippen LogP contribution in [-0.2, 0) is 0 Å². The number of hydrogen-bond donors (Lipinski definition) is 0. The summed E-state index contributed by atoms with van der Waals surface area (Å²) in [6, 6.07) is 0. The van der Waals surface area contributed by atoms with Crippen LogP contribution in [0.3, 0.4) is 0 Å². The Labute approximate surface area is 68.7 Å². The van der Waals surface area contributed by atoms with Gasteiger partial charge in [-0.1, -0.05) is 19.1 Å². The molecule has 4 unspecified atom stereocenters. The highest BCUT2D eigenvalue weighted by molar-refractivity contribution is 5.15. The lowest BCUT2D eigenvalue weighted by molar-refractivity contribution is 0.186. The van der Waals surface area contributed by atoms with Crippen LogP contribution in [0.1, 0.15) is 32.6 Å². The minimum atomic E-state index is 0.749. The van der Waals surface area contributed by atoms with Crippen LogP contribution < -0.4 is 0 Å². The maximum absolute atomic E-state index is 2.52. The third-order valence-corrected chi connectivity index (χ3v) is 4.47. The van der Waals surface area contributed by atoms with Crippen molar-refractivity contribution in [2.24, 2.45) is 23.2 Å². The Morgan fingerprint density at radius 3 is 3.18 bits per heavy atom. The van der Waals surface area contributed by atoms with E-state index in [4.69, 9.17) is 0 Å². The summed E-state index contributed by atoms with van der Waals surface area (Å²) in [7, 11) is 0. The van der Waals surface area contributed by atoms with E-state index < -0.39 is 0 Å². The molecule has 4 atom stereocenters. The summed E-state index contributed by atoms with van der Waals surface area (Å²) in [5, 5.41) is 0. The van der Waals surface area contributed by atoms with Gasteiger partial charge in [0.2, 0.25) is 0 Å². The normalized spacial score (nSPS) is 58.8. The number of allylic oxidation sites excluding steroid dienone is 2. The molecule has 0 aromatic heterocycles. The van der Waals surface area contributed by atoms with E-state index >= 15 is 0 Å². The predicted octanol–water partition coefficient (Wildman–Crippen LogP) is 3.00. The largest absolute Gasteiger partial charge is 0.0879 e. The van der Waals surface area contributed by atoms with Crippen LogP contribution in [-0.4, -0.2) is 0 Å². The zero-order chi connectivity index (χ0) is 7.47. The van der Waals surface area contributed by atoms with E-state index in [1.807, 2.05) is 0 Å². The molecule has 0 heterocycles. The predicted molar refractivity (Wildman–Crippen MR) is 46.2 cm³/mol. The zero-order valence-corrected chi connectivity index (χ0v) is 7.22. The first-order valence-electron chi connectivity index (χ1n) is 4.96. The average molecular weight is 148 g/mol. The van der Waals surface area contributed by atoms with Crippen molar-refractivity contribution < 1.29 is 0 Å². The smallest absolute Gasteiger partial charge is 0.0168 e. The van der Waals surface area contributed by atoms with Crippen LogP contribution in [0.25, 0.3) is 0 Å². The molecule has 0 amide bonds. The minimum absolute atomic E-state index is 0.749. The maximum atomic E-state index is 2.52. The summed E-state index contributed by atoms with van der Waals surface area (Å²) in [4.78, 5) is 0. The van der Waals surface area contributed by atoms with Crippen LogP contribution in [0, 0.1) is 23.2 Å². The Morgan fingerprint density at radius 1 is 1.45 bits per heavy atom. The average Bonchev–Trinajstić information content (AvgIpc) is 2.53. The Morgan fingerprint density at radius 2 is 2.36 bits per heavy atom. The molecule has 0 N–H and O–H groups in total. The van der Waals surface area contributed by atoms with Gasteiger partial charge >= 0.3 is 0 Å². The third-order valence-electron chi connectivity index (χ3n) is 4.47. The van der Waals surface area contributed by atoms with Gasteiger partial charge in [-0.15, -0.1) is 0 Å². The molecule has 2 saturated carbocycles. The quantitative estimate of drug-likeness (QED) is 0.463. The molecule has 0 aliphatic heterocycles. The molecule has 0 nitrogen and oxygen atoms in total.